The molecule has 1 aromatic rings. The maximum absolute atomic E-state index is 9.14. The first-order valence-corrected chi connectivity index (χ1v) is 7.80. The van der Waals surface area contributed by atoms with E-state index >= 15 is 0 Å². The van der Waals surface area contributed by atoms with E-state index in [4.69, 9.17) is 5.26 Å². The monoisotopic (exact) mass is 310 g/mol. The van der Waals surface area contributed by atoms with Gasteiger partial charge in [-0.2, -0.15) is 17.0 Å². The summed E-state index contributed by atoms with van der Waals surface area (Å²) in [5.41, 5.74) is 1.84. The summed E-state index contributed by atoms with van der Waals surface area (Å²) in [6.07, 6.45) is 4.59. The summed E-state index contributed by atoms with van der Waals surface area (Å²) in [5.74, 6) is 0. The minimum Gasteiger partial charge on any atom is -0.370 e. The summed E-state index contributed by atoms with van der Waals surface area (Å²) in [7, 11) is 0. The van der Waals surface area contributed by atoms with Gasteiger partial charge in [-0.05, 0) is 37.3 Å². The van der Waals surface area contributed by atoms with Gasteiger partial charge < -0.3 is 4.90 Å². The molecular weight excluding hydrogens is 296 g/mol. The molecule has 0 radical (unpaired) electrons. The minimum absolute atomic E-state index is 0.774. The zero-order valence-electron chi connectivity index (χ0n) is 9.82. The number of hydrogen-bond acceptors (Lipinski definition) is 3. The Hall–Kier alpha value is -0.660. The van der Waals surface area contributed by atoms with Gasteiger partial charge in [-0.1, -0.05) is 15.9 Å². The molecule has 0 aromatic heterocycles. The first kappa shape index (κ1) is 12.8. The van der Waals surface area contributed by atoms with Crippen molar-refractivity contribution in [2.75, 3.05) is 24.2 Å². The lowest BCUT2D eigenvalue weighted by atomic mass is 10.1. The van der Waals surface area contributed by atoms with Crippen LogP contribution in [0.3, 0.4) is 0 Å². The van der Waals surface area contributed by atoms with E-state index < -0.39 is 0 Å². The molecule has 17 heavy (non-hydrogen) atoms. The molecule has 4 heteroatoms. The van der Waals surface area contributed by atoms with Gasteiger partial charge in [0.15, 0.2) is 0 Å². The van der Waals surface area contributed by atoms with E-state index in [2.05, 4.69) is 39.2 Å². The number of benzene rings is 1. The lowest BCUT2D eigenvalue weighted by molar-refractivity contribution is 0.591. The highest BCUT2D eigenvalue weighted by atomic mass is 79.9. The Balaban J connectivity index is 2.18. The van der Waals surface area contributed by atoms with Crippen LogP contribution in [0.4, 0.5) is 5.69 Å². The Labute approximate surface area is 115 Å². The van der Waals surface area contributed by atoms with E-state index in [1.54, 1.807) is 0 Å². The first-order chi connectivity index (χ1) is 8.24. The predicted molar refractivity (Wildman–Crippen MR) is 77.6 cm³/mol. The van der Waals surface area contributed by atoms with Crippen molar-refractivity contribution < 1.29 is 0 Å². The molecule has 0 spiro atoms. The molecule has 0 atom stereocenters. The molecule has 1 aliphatic heterocycles. The number of rotatable bonds is 2. The number of hydrogen-bond donors (Lipinski definition) is 0. The van der Waals surface area contributed by atoms with Crippen LogP contribution in [-0.4, -0.2) is 24.6 Å². The van der Waals surface area contributed by atoms with Crippen LogP contribution >= 0.6 is 27.7 Å². The number of halogens is 1. The van der Waals surface area contributed by atoms with E-state index in [1.165, 1.54) is 12.8 Å². The van der Waals surface area contributed by atoms with Gasteiger partial charge in [0.05, 0.1) is 11.3 Å². The molecule has 0 saturated carbocycles. The Bertz CT molecular complexity index is 434. The van der Waals surface area contributed by atoms with Gasteiger partial charge in [-0.3, -0.25) is 0 Å². The molecule has 1 aliphatic rings. The number of thioether (sulfide) groups is 1. The fraction of sp³-hybridized carbons (Fsp3) is 0.462. The standard InChI is InChI=1S/C13H15BrN2S/c1-17-12-4-6-16(7-5-12)13-8-11(14)3-2-10(13)9-15/h2-3,8,12H,4-7H2,1H3. The summed E-state index contributed by atoms with van der Waals surface area (Å²) in [5, 5.41) is 9.92. The number of piperidine rings is 1. The summed E-state index contributed by atoms with van der Waals surface area (Å²) >= 11 is 5.43. The second kappa shape index (κ2) is 5.79. The summed E-state index contributed by atoms with van der Waals surface area (Å²) < 4.78 is 1.04. The van der Waals surface area contributed by atoms with E-state index in [0.717, 1.165) is 34.1 Å². The number of nitriles is 1. The molecule has 2 rings (SSSR count). The van der Waals surface area contributed by atoms with Crippen LogP contribution in [0.15, 0.2) is 22.7 Å². The number of nitrogens with zero attached hydrogens (tertiary/aromatic N) is 2. The summed E-state index contributed by atoms with van der Waals surface area (Å²) in [6, 6.07) is 8.15. The zero-order valence-corrected chi connectivity index (χ0v) is 12.2. The highest BCUT2D eigenvalue weighted by Crippen LogP contribution is 2.29. The smallest absolute Gasteiger partial charge is 0.101 e. The Morgan fingerprint density at radius 2 is 2.12 bits per heavy atom. The molecule has 1 aromatic carbocycles. The topological polar surface area (TPSA) is 27.0 Å². The van der Waals surface area contributed by atoms with E-state index in [-0.39, 0.29) is 0 Å². The Kier molecular flexibility index (Phi) is 4.36. The average molecular weight is 311 g/mol. The Morgan fingerprint density at radius 3 is 2.71 bits per heavy atom. The number of anilines is 1. The maximum atomic E-state index is 9.14. The molecule has 0 N–H and O–H groups in total. The molecule has 0 aliphatic carbocycles. The van der Waals surface area contributed by atoms with Crippen LogP contribution in [0.5, 0.6) is 0 Å². The predicted octanol–water partition coefficient (Wildman–Crippen LogP) is 3.65. The van der Waals surface area contributed by atoms with Crippen LogP contribution in [-0.2, 0) is 0 Å². The highest BCUT2D eigenvalue weighted by molar-refractivity contribution is 9.10. The van der Waals surface area contributed by atoms with Crippen LogP contribution in [0.25, 0.3) is 0 Å². The molecular formula is C13H15BrN2S. The maximum Gasteiger partial charge on any atom is 0.101 e. The molecule has 0 unspecified atom stereocenters. The van der Waals surface area contributed by atoms with E-state index in [0.29, 0.717) is 0 Å². The molecule has 90 valence electrons. The molecule has 0 bridgehead atoms. The highest BCUT2D eigenvalue weighted by Gasteiger charge is 2.20. The lowest BCUT2D eigenvalue weighted by Crippen LogP contribution is -2.35. The van der Waals surface area contributed by atoms with Crippen LogP contribution < -0.4 is 4.90 Å². The largest absolute Gasteiger partial charge is 0.370 e. The third-order valence-corrected chi connectivity index (χ3v) is 4.83. The molecule has 1 saturated heterocycles. The first-order valence-electron chi connectivity index (χ1n) is 5.72. The summed E-state index contributed by atoms with van der Waals surface area (Å²) in [4.78, 5) is 2.33. The molecule has 1 fully saturated rings. The zero-order chi connectivity index (χ0) is 12.3. The molecule has 1 heterocycles. The van der Waals surface area contributed by atoms with Crippen LogP contribution in [0.2, 0.25) is 0 Å². The SMILES string of the molecule is CSC1CCN(c2cc(Br)ccc2C#N)CC1. The average Bonchev–Trinajstić information content (AvgIpc) is 2.39. The van der Waals surface area contributed by atoms with Crippen molar-refractivity contribution in [3.05, 3.63) is 28.2 Å². The fourth-order valence-corrected chi connectivity index (χ4v) is 3.22. The van der Waals surface area contributed by atoms with Crippen molar-refractivity contribution in [2.45, 2.75) is 18.1 Å². The second-order valence-electron chi connectivity index (χ2n) is 4.20. The minimum atomic E-state index is 0.774. The van der Waals surface area contributed by atoms with Crippen molar-refractivity contribution >= 4 is 33.4 Å². The van der Waals surface area contributed by atoms with Gasteiger partial charge in [0.25, 0.3) is 0 Å². The molecule has 2 nitrogen and oxygen atoms in total. The second-order valence-corrected chi connectivity index (χ2v) is 6.25. The van der Waals surface area contributed by atoms with Crippen molar-refractivity contribution in [3.63, 3.8) is 0 Å². The quantitative estimate of drug-likeness (QED) is 0.834. The molecule has 0 amide bonds. The van der Waals surface area contributed by atoms with Gasteiger partial charge in [-0.15, -0.1) is 0 Å². The van der Waals surface area contributed by atoms with Gasteiger partial charge >= 0.3 is 0 Å². The summed E-state index contributed by atoms with van der Waals surface area (Å²) in [6.45, 7) is 2.10. The van der Waals surface area contributed by atoms with Gasteiger partial charge in [0.1, 0.15) is 6.07 Å². The van der Waals surface area contributed by atoms with Crippen molar-refractivity contribution in [1.82, 2.24) is 0 Å². The van der Waals surface area contributed by atoms with Gasteiger partial charge in [0, 0.05) is 22.8 Å². The fourth-order valence-electron chi connectivity index (χ4n) is 2.19. The van der Waals surface area contributed by atoms with Crippen LogP contribution in [0.1, 0.15) is 18.4 Å². The van der Waals surface area contributed by atoms with Gasteiger partial charge in [0.2, 0.25) is 0 Å². The lowest BCUT2D eigenvalue weighted by Gasteiger charge is -2.33. The Morgan fingerprint density at radius 1 is 1.41 bits per heavy atom. The third kappa shape index (κ3) is 2.97. The normalized spacial score (nSPS) is 16.9. The van der Waals surface area contributed by atoms with E-state index in [9.17, 15) is 0 Å². The van der Waals surface area contributed by atoms with Crippen molar-refractivity contribution in [2.24, 2.45) is 0 Å². The van der Waals surface area contributed by atoms with Crippen molar-refractivity contribution in [3.8, 4) is 6.07 Å². The third-order valence-electron chi connectivity index (χ3n) is 3.20. The van der Waals surface area contributed by atoms with Crippen molar-refractivity contribution in [1.29, 1.82) is 5.26 Å². The van der Waals surface area contributed by atoms with Crippen LogP contribution in [0, 0.1) is 11.3 Å². The van der Waals surface area contributed by atoms with E-state index in [1.807, 2.05) is 23.9 Å². The van der Waals surface area contributed by atoms with Gasteiger partial charge in [-0.25, -0.2) is 0 Å².